The maximum Gasteiger partial charge on any atom is 0.239 e. The van der Waals surface area contributed by atoms with Crippen LogP contribution in [0.5, 0.6) is 11.5 Å². The van der Waals surface area contributed by atoms with E-state index in [1.807, 2.05) is 18.2 Å². The smallest absolute Gasteiger partial charge is 0.239 e. The number of hydrogen-bond donors (Lipinski definition) is 2. The van der Waals surface area contributed by atoms with Gasteiger partial charge in [0.2, 0.25) is 5.91 Å². The van der Waals surface area contributed by atoms with Gasteiger partial charge in [0, 0.05) is 18.5 Å². The molecule has 1 aromatic carbocycles. The number of fused-ring (bicyclic) bond motifs is 1. The summed E-state index contributed by atoms with van der Waals surface area (Å²) in [4.78, 5) is 12.2. The molecule has 2 heterocycles. The highest BCUT2D eigenvalue weighted by Gasteiger charge is 2.20. The third-order valence-electron chi connectivity index (χ3n) is 4.18. The van der Waals surface area contributed by atoms with Crippen LogP contribution < -0.4 is 20.1 Å². The minimum atomic E-state index is -0.168. The summed E-state index contributed by atoms with van der Waals surface area (Å²) in [5, 5.41) is 9.80. The number of aromatic nitrogens is 1. The highest BCUT2D eigenvalue weighted by atomic mass is 16.5. The molecule has 2 N–H and O–H groups in total. The van der Waals surface area contributed by atoms with Crippen LogP contribution in [0.2, 0.25) is 0 Å². The van der Waals surface area contributed by atoms with Gasteiger partial charge in [-0.1, -0.05) is 25.1 Å². The van der Waals surface area contributed by atoms with E-state index in [1.54, 1.807) is 13.0 Å². The van der Waals surface area contributed by atoms with Crippen molar-refractivity contribution in [2.24, 2.45) is 5.92 Å². The van der Waals surface area contributed by atoms with Crippen LogP contribution in [0, 0.1) is 12.8 Å². The van der Waals surface area contributed by atoms with Gasteiger partial charge in [-0.05, 0) is 30.5 Å². The van der Waals surface area contributed by atoms with Crippen molar-refractivity contribution in [2.75, 3.05) is 25.1 Å². The SMILES string of the molecule is Cc1cc(NC(=O)CNC(c2ccc3c(c2)OCCCO3)C(C)C)no1. The van der Waals surface area contributed by atoms with Crippen LogP contribution in [0.25, 0.3) is 0 Å². The number of carbonyl (C=O) groups excluding carboxylic acids is 1. The van der Waals surface area contributed by atoms with Crippen LogP contribution in [0.3, 0.4) is 0 Å². The fourth-order valence-electron chi connectivity index (χ4n) is 2.93. The molecule has 140 valence electrons. The number of nitrogens with one attached hydrogen (secondary N) is 2. The van der Waals surface area contributed by atoms with E-state index >= 15 is 0 Å². The molecule has 2 aromatic rings. The van der Waals surface area contributed by atoms with Gasteiger partial charge in [0.25, 0.3) is 0 Å². The van der Waals surface area contributed by atoms with Gasteiger partial charge in [0.05, 0.1) is 19.8 Å². The van der Waals surface area contributed by atoms with E-state index in [2.05, 4.69) is 29.6 Å². The standard InChI is InChI=1S/C19H25N3O4/c1-12(2)19(20-11-18(23)21-17-9-13(3)26-22-17)14-5-6-15-16(10-14)25-8-4-7-24-15/h5-6,9-10,12,19-20H,4,7-8,11H2,1-3H3,(H,21,22,23). The van der Waals surface area contributed by atoms with Gasteiger partial charge in [-0.15, -0.1) is 0 Å². The Kier molecular flexibility index (Phi) is 5.78. The van der Waals surface area contributed by atoms with Gasteiger partial charge < -0.3 is 24.6 Å². The molecule has 1 amide bonds. The monoisotopic (exact) mass is 359 g/mol. The van der Waals surface area contributed by atoms with Crippen LogP contribution in [0.1, 0.15) is 37.6 Å². The first-order chi connectivity index (χ1) is 12.5. The Labute approximate surface area is 153 Å². The summed E-state index contributed by atoms with van der Waals surface area (Å²) >= 11 is 0. The van der Waals surface area contributed by atoms with E-state index < -0.39 is 0 Å². The summed E-state index contributed by atoms with van der Waals surface area (Å²) < 4.78 is 16.4. The van der Waals surface area contributed by atoms with Crippen LogP contribution in [-0.4, -0.2) is 30.8 Å². The van der Waals surface area contributed by atoms with Gasteiger partial charge in [-0.25, -0.2) is 0 Å². The Morgan fingerprint density at radius 2 is 1.96 bits per heavy atom. The van der Waals surface area contributed by atoms with Gasteiger partial charge in [-0.3, -0.25) is 4.79 Å². The summed E-state index contributed by atoms with van der Waals surface area (Å²) in [6, 6.07) is 7.64. The molecule has 7 heteroatoms. The number of amides is 1. The van der Waals surface area contributed by atoms with Crippen molar-refractivity contribution in [3.63, 3.8) is 0 Å². The molecule has 0 aliphatic carbocycles. The first-order valence-electron chi connectivity index (χ1n) is 8.89. The summed E-state index contributed by atoms with van der Waals surface area (Å²) in [5.74, 6) is 2.73. The molecule has 1 aromatic heterocycles. The van der Waals surface area contributed by atoms with Gasteiger partial charge in [0.15, 0.2) is 17.3 Å². The summed E-state index contributed by atoms with van der Waals surface area (Å²) in [6.07, 6.45) is 0.873. The van der Waals surface area contributed by atoms with E-state index in [1.165, 1.54) is 0 Å². The lowest BCUT2D eigenvalue weighted by atomic mass is 9.95. The van der Waals surface area contributed by atoms with Crippen molar-refractivity contribution in [3.05, 3.63) is 35.6 Å². The number of aryl methyl sites for hydroxylation is 1. The largest absolute Gasteiger partial charge is 0.490 e. The van der Waals surface area contributed by atoms with E-state index in [9.17, 15) is 4.79 Å². The van der Waals surface area contributed by atoms with Crippen LogP contribution >= 0.6 is 0 Å². The Hall–Kier alpha value is -2.54. The third kappa shape index (κ3) is 4.54. The highest BCUT2D eigenvalue weighted by molar-refractivity contribution is 5.91. The second kappa shape index (κ2) is 8.23. The number of benzene rings is 1. The average Bonchev–Trinajstić information content (AvgIpc) is 2.87. The summed E-state index contributed by atoms with van der Waals surface area (Å²) in [7, 11) is 0. The van der Waals surface area contributed by atoms with Crippen LogP contribution in [0.15, 0.2) is 28.8 Å². The molecule has 26 heavy (non-hydrogen) atoms. The van der Waals surface area contributed by atoms with Crippen molar-refractivity contribution in [1.29, 1.82) is 0 Å². The molecule has 0 saturated carbocycles. The number of carbonyl (C=O) groups is 1. The fourth-order valence-corrected chi connectivity index (χ4v) is 2.93. The Morgan fingerprint density at radius 3 is 2.65 bits per heavy atom. The van der Waals surface area contributed by atoms with E-state index in [4.69, 9.17) is 14.0 Å². The minimum Gasteiger partial charge on any atom is -0.490 e. The number of rotatable bonds is 6. The van der Waals surface area contributed by atoms with Gasteiger partial charge in [-0.2, -0.15) is 0 Å². The zero-order valence-corrected chi connectivity index (χ0v) is 15.4. The van der Waals surface area contributed by atoms with E-state index in [0.29, 0.717) is 30.7 Å². The van der Waals surface area contributed by atoms with Crippen LogP contribution in [-0.2, 0) is 4.79 Å². The minimum absolute atomic E-state index is 0.0111. The fraction of sp³-hybridized carbons (Fsp3) is 0.474. The molecule has 0 fully saturated rings. The second-order valence-corrected chi connectivity index (χ2v) is 6.73. The molecule has 0 bridgehead atoms. The van der Waals surface area contributed by atoms with Crippen molar-refractivity contribution in [3.8, 4) is 11.5 Å². The van der Waals surface area contributed by atoms with Crippen LogP contribution in [0.4, 0.5) is 5.82 Å². The number of anilines is 1. The molecule has 0 saturated heterocycles. The van der Waals surface area contributed by atoms with Gasteiger partial charge in [0.1, 0.15) is 5.76 Å². The van der Waals surface area contributed by atoms with Crippen molar-refractivity contribution in [1.82, 2.24) is 10.5 Å². The second-order valence-electron chi connectivity index (χ2n) is 6.73. The first-order valence-corrected chi connectivity index (χ1v) is 8.89. The molecular formula is C19H25N3O4. The van der Waals surface area contributed by atoms with E-state index in [-0.39, 0.29) is 18.5 Å². The third-order valence-corrected chi connectivity index (χ3v) is 4.18. The molecule has 1 aliphatic heterocycles. The Bertz CT molecular complexity index is 757. The molecule has 0 radical (unpaired) electrons. The lowest BCUT2D eigenvalue weighted by Crippen LogP contribution is -2.33. The predicted molar refractivity (Wildman–Crippen MR) is 97.5 cm³/mol. The molecule has 7 nitrogen and oxygen atoms in total. The molecule has 1 unspecified atom stereocenters. The van der Waals surface area contributed by atoms with Crippen molar-refractivity contribution in [2.45, 2.75) is 33.2 Å². The lowest BCUT2D eigenvalue weighted by molar-refractivity contribution is -0.115. The van der Waals surface area contributed by atoms with E-state index in [0.717, 1.165) is 23.5 Å². The number of nitrogens with zero attached hydrogens (tertiary/aromatic N) is 1. The molecule has 3 rings (SSSR count). The summed E-state index contributed by atoms with van der Waals surface area (Å²) in [5.41, 5.74) is 1.06. The average molecular weight is 359 g/mol. The maximum absolute atomic E-state index is 12.2. The Balaban J connectivity index is 1.65. The molecular weight excluding hydrogens is 334 g/mol. The molecule has 0 spiro atoms. The van der Waals surface area contributed by atoms with Crippen molar-refractivity contribution < 1.29 is 18.8 Å². The number of ether oxygens (including phenoxy) is 2. The van der Waals surface area contributed by atoms with Crippen molar-refractivity contribution >= 4 is 11.7 Å². The molecule has 1 aliphatic rings. The normalized spacial score (nSPS) is 14.8. The number of hydrogen-bond acceptors (Lipinski definition) is 6. The summed E-state index contributed by atoms with van der Waals surface area (Å²) in [6.45, 7) is 7.48. The highest BCUT2D eigenvalue weighted by Crippen LogP contribution is 2.34. The quantitative estimate of drug-likeness (QED) is 0.824. The predicted octanol–water partition coefficient (Wildman–Crippen LogP) is 3.07. The maximum atomic E-state index is 12.2. The zero-order chi connectivity index (χ0) is 18.5. The lowest BCUT2D eigenvalue weighted by Gasteiger charge is -2.23. The first kappa shape index (κ1) is 18.3. The molecule has 1 atom stereocenters. The van der Waals surface area contributed by atoms with Gasteiger partial charge >= 0.3 is 0 Å². The zero-order valence-electron chi connectivity index (χ0n) is 15.4. The topological polar surface area (TPSA) is 85.6 Å². The Morgan fingerprint density at radius 1 is 1.19 bits per heavy atom.